The van der Waals surface area contributed by atoms with Gasteiger partial charge in [-0.3, -0.25) is 9.89 Å². The topological polar surface area (TPSA) is 90.9 Å². The highest BCUT2D eigenvalue weighted by atomic mass is 16.3. The Morgan fingerprint density at radius 2 is 2.16 bits per heavy atom. The summed E-state index contributed by atoms with van der Waals surface area (Å²) >= 11 is 0. The number of nitrogens with zero attached hydrogens (tertiary/aromatic N) is 2. The number of hydrogen-bond donors (Lipinski definition) is 3. The number of H-pyrrole nitrogens is 1. The summed E-state index contributed by atoms with van der Waals surface area (Å²) in [5.41, 5.74) is -0.134. The molecule has 104 valence electrons. The van der Waals surface area contributed by atoms with Crippen molar-refractivity contribution >= 4 is 5.91 Å². The van der Waals surface area contributed by atoms with Crippen LogP contribution in [0.15, 0.2) is 0 Å². The maximum atomic E-state index is 12.0. The summed E-state index contributed by atoms with van der Waals surface area (Å²) in [7, 11) is 0. The second kappa shape index (κ2) is 4.92. The molecule has 2 aliphatic carbocycles. The Hall–Kier alpha value is -1.43. The summed E-state index contributed by atoms with van der Waals surface area (Å²) in [6, 6.07) is 0. The first-order valence-corrected chi connectivity index (χ1v) is 7.04. The van der Waals surface area contributed by atoms with Gasteiger partial charge in [0.15, 0.2) is 0 Å². The van der Waals surface area contributed by atoms with E-state index in [1.54, 1.807) is 0 Å². The van der Waals surface area contributed by atoms with Crippen molar-refractivity contribution in [1.29, 1.82) is 0 Å². The molecule has 1 amide bonds. The maximum Gasteiger partial charge on any atom is 0.290 e. The first-order valence-electron chi connectivity index (χ1n) is 7.04. The Morgan fingerprint density at radius 1 is 1.42 bits per heavy atom. The summed E-state index contributed by atoms with van der Waals surface area (Å²) in [5.74, 6) is 1.26. The van der Waals surface area contributed by atoms with Crippen molar-refractivity contribution in [3.05, 3.63) is 11.6 Å². The van der Waals surface area contributed by atoms with Crippen LogP contribution in [0.1, 0.15) is 60.9 Å². The van der Waals surface area contributed by atoms with Crippen molar-refractivity contribution < 1.29 is 9.90 Å². The number of aromatic amines is 1. The smallest absolute Gasteiger partial charge is 0.290 e. The Kier molecular flexibility index (Phi) is 3.26. The fraction of sp³-hybridized carbons (Fsp3) is 0.769. The van der Waals surface area contributed by atoms with Crippen LogP contribution in [0.25, 0.3) is 0 Å². The molecule has 2 fully saturated rings. The van der Waals surface area contributed by atoms with E-state index in [2.05, 4.69) is 20.5 Å². The lowest BCUT2D eigenvalue weighted by Crippen LogP contribution is -2.38. The first kappa shape index (κ1) is 12.6. The molecule has 1 aromatic rings. The van der Waals surface area contributed by atoms with Crippen molar-refractivity contribution in [2.45, 2.75) is 44.4 Å². The molecule has 3 rings (SSSR count). The Labute approximate surface area is 112 Å². The Bertz CT molecular complexity index is 461. The van der Waals surface area contributed by atoms with Gasteiger partial charge in [0.05, 0.1) is 6.61 Å². The van der Waals surface area contributed by atoms with Crippen molar-refractivity contribution in [1.82, 2.24) is 20.5 Å². The van der Waals surface area contributed by atoms with E-state index < -0.39 is 0 Å². The molecule has 0 bridgehead atoms. The van der Waals surface area contributed by atoms with Crippen molar-refractivity contribution in [2.75, 3.05) is 13.2 Å². The average molecular weight is 264 g/mol. The zero-order valence-electron chi connectivity index (χ0n) is 11.0. The second-order valence-electron chi connectivity index (χ2n) is 5.87. The highest BCUT2D eigenvalue weighted by Gasteiger charge is 2.34. The van der Waals surface area contributed by atoms with E-state index in [0.717, 1.165) is 44.3 Å². The molecule has 1 heterocycles. The molecule has 3 N–H and O–H groups in total. The summed E-state index contributed by atoms with van der Waals surface area (Å²) in [6.07, 6.45) is 6.47. The van der Waals surface area contributed by atoms with Gasteiger partial charge in [0, 0.05) is 17.9 Å². The van der Waals surface area contributed by atoms with Crippen LogP contribution in [-0.4, -0.2) is 39.3 Å². The highest BCUT2D eigenvalue weighted by molar-refractivity contribution is 5.90. The number of nitrogens with one attached hydrogen (secondary N) is 2. The molecular weight excluding hydrogens is 244 g/mol. The Morgan fingerprint density at radius 3 is 2.79 bits per heavy atom. The summed E-state index contributed by atoms with van der Waals surface area (Å²) in [5, 5.41) is 19.1. The van der Waals surface area contributed by atoms with Crippen LogP contribution < -0.4 is 5.32 Å². The van der Waals surface area contributed by atoms with Gasteiger partial charge in [0.2, 0.25) is 5.82 Å². The van der Waals surface area contributed by atoms with E-state index in [4.69, 9.17) is 0 Å². The molecule has 1 aromatic heterocycles. The molecule has 19 heavy (non-hydrogen) atoms. The lowest BCUT2D eigenvalue weighted by Gasteiger charge is -2.26. The summed E-state index contributed by atoms with van der Waals surface area (Å²) in [6.45, 7) is 0.643. The number of carbonyl (C=O) groups excluding carboxylic acids is 1. The molecule has 0 aliphatic heterocycles. The molecule has 0 atom stereocenters. The average Bonchev–Trinajstić information content (AvgIpc) is 2.99. The number of aliphatic hydroxyl groups excluding tert-OH is 1. The van der Waals surface area contributed by atoms with Gasteiger partial charge in [-0.2, -0.15) is 0 Å². The monoisotopic (exact) mass is 264 g/mol. The van der Waals surface area contributed by atoms with Crippen molar-refractivity contribution in [2.24, 2.45) is 5.41 Å². The lowest BCUT2D eigenvalue weighted by molar-refractivity contribution is 0.0871. The van der Waals surface area contributed by atoms with Crippen molar-refractivity contribution in [3.63, 3.8) is 0 Å². The van der Waals surface area contributed by atoms with Gasteiger partial charge < -0.3 is 10.4 Å². The number of hydrogen-bond acceptors (Lipinski definition) is 4. The lowest BCUT2D eigenvalue weighted by atomic mass is 9.87. The zero-order chi connectivity index (χ0) is 13.3. The molecule has 0 unspecified atom stereocenters. The number of carbonyl (C=O) groups is 1. The largest absolute Gasteiger partial charge is 0.396 e. The van der Waals surface area contributed by atoms with Gasteiger partial charge in [-0.1, -0.05) is 12.8 Å². The minimum absolute atomic E-state index is 0.134. The molecule has 0 saturated heterocycles. The maximum absolute atomic E-state index is 12.0. The van der Waals surface area contributed by atoms with Gasteiger partial charge >= 0.3 is 0 Å². The van der Waals surface area contributed by atoms with Gasteiger partial charge in [-0.25, -0.2) is 4.98 Å². The molecule has 6 heteroatoms. The van der Waals surface area contributed by atoms with Crippen LogP contribution in [0, 0.1) is 5.41 Å². The molecule has 0 radical (unpaired) electrons. The van der Waals surface area contributed by atoms with Crippen LogP contribution in [0.3, 0.4) is 0 Å². The van der Waals surface area contributed by atoms with Crippen LogP contribution >= 0.6 is 0 Å². The third kappa shape index (κ3) is 2.63. The second-order valence-corrected chi connectivity index (χ2v) is 5.87. The van der Waals surface area contributed by atoms with E-state index >= 15 is 0 Å². The van der Waals surface area contributed by atoms with Crippen LogP contribution in [0.5, 0.6) is 0 Å². The van der Waals surface area contributed by atoms with E-state index in [0.29, 0.717) is 12.5 Å². The minimum atomic E-state index is -0.247. The molecular formula is C13H20N4O2. The quantitative estimate of drug-likeness (QED) is 0.739. The number of rotatable bonds is 5. The van der Waals surface area contributed by atoms with E-state index in [1.165, 1.54) is 0 Å². The van der Waals surface area contributed by atoms with Crippen molar-refractivity contribution in [3.8, 4) is 0 Å². The van der Waals surface area contributed by atoms with E-state index in [1.807, 2.05) is 0 Å². The standard InChI is InChI=1S/C13H20N4O2/c18-8-13(5-1-2-6-13)7-14-12(19)11-15-10(16-17-11)9-3-4-9/h9,18H,1-8H2,(H,14,19)(H,15,16,17). The fourth-order valence-electron chi connectivity index (χ4n) is 2.78. The molecule has 2 aliphatic rings. The highest BCUT2D eigenvalue weighted by Crippen LogP contribution is 2.38. The summed E-state index contributed by atoms with van der Waals surface area (Å²) in [4.78, 5) is 16.2. The van der Waals surface area contributed by atoms with E-state index in [9.17, 15) is 9.90 Å². The van der Waals surface area contributed by atoms with Crippen LogP contribution in [0.2, 0.25) is 0 Å². The first-order chi connectivity index (χ1) is 9.22. The molecule has 0 aromatic carbocycles. The van der Waals surface area contributed by atoms with Crippen LogP contribution in [-0.2, 0) is 0 Å². The van der Waals surface area contributed by atoms with E-state index in [-0.39, 0.29) is 23.8 Å². The third-order valence-corrected chi connectivity index (χ3v) is 4.29. The number of aromatic nitrogens is 3. The van der Waals surface area contributed by atoms with Gasteiger partial charge in [0.25, 0.3) is 5.91 Å². The normalized spacial score (nSPS) is 21.5. The van der Waals surface area contributed by atoms with Gasteiger partial charge in [-0.15, -0.1) is 5.10 Å². The predicted molar refractivity (Wildman–Crippen MR) is 68.7 cm³/mol. The SMILES string of the molecule is O=C(NCC1(CO)CCCC1)c1n[nH]c(C2CC2)n1. The Balaban J connectivity index is 1.57. The van der Waals surface area contributed by atoms with Crippen LogP contribution in [0.4, 0.5) is 0 Å². The predicted octanol–water partition coefficient (Wildman–Crippen LogP) is 0.965. The summed E-state index contributed by atoms with van der Waals surface area (Å²) < 4.78 is 0. The minimum Gasteiger partial charge on any atom is -0.396 e. The number of amides is 1. The fourth-order valence-corrected chi connectivity index (χ4v) is 2.78. The molecule has 2 saturated carbocycles. The third-order valence-electron chi connectivity index (χ3n) is 4.29. The van der Waals surface area contributed by atoms with Gasteiger partial charge in [0.1, 0.15) is 5.82 Å². The zero-order valence-corrected chi connectivity index (χ0v) is 11.0. The van der Waals surface area contributed by atoms with Gasteiger partial charge in [-0.05, 0) is 25.7 Å². The molecule has 6 nitrogen and oxygen atoms in total. The molecule has 0 spiro atoms. The number of aliphatic hydroxyl groups is 1.